The van der Waals surface area contributed by atoms with E-state index in [1.54, 1.807) is 17.6 Å². The number of fused-ring (bicyclic) bond motifs is 2. The molecule has 1 aliphatic rings. The molecule has 0 spiro atoms. The SMILES string of the molecule is NC(=O)c1c(Cc2ccc3c(c2)OCO3)n(Cc2ccc(C(=O)NO)cc2)c2ccccc12. The molecule has 0 saturated heterocycles. The predicted octanol–water partition coefficient (Wildman–Crippen LogP) is 3.23. The van der Waals surface area contributed by atoms with Crippen LogP contribution in [0.25, 0.3) is 10.9 Å². The topological polar surface area (TPSA) is 116 Å². The van der Waals surface area contributed by atoms with Gasteiger partial charge in [-0.1, -0.05) is 36.4 Å². The Balaban J connectivity index is 1.59. The summed E-state index contributed by atoms with van der Waals surface area (Å²) in [6.45, 7) is 0.657. The van der Waals surface area contributed by atoms with E-state index in [-0.39, 0.29) is 6.79 Å². The van der Waals surface area contributed by atoms with E-state index < -0.39 is 11.8 Å². The lowest BCUT2D eigenvalue weighted by Crippen LogP contribution is -2.18. The van der Waals surface area contributed by atoms with Gasteiger partial charge in [-0.25, -0.2) is 5.48 Å². The largest absolute Gasteiger partial charge is 0.454 e. The Labute approximate surface area is 189 Å². The molecular formula is C25H21N3O5. The molecule has 33 heavy (non-hydrogen) atoms. The van der Waals surface area contributed by atoms with Crippen LogP contribution in [0, 0.1) is 0 Å². The van der Waals surface area contributed by atoms with Gasteiger partial charge in [0, 0.05) is 35.1 Å². The number of hydroxylamine groups is 1. The molecule has 8 heteroatoms. The number of amides is 2. The number of carbonyl (C=O) groups excluding carboxylic acids is 2. The summed E-state index contributed by atoms with van der Waals surface area (Å²) in [5.74, 6) is 0.304. The number of rotatable bonds is 6. The van der Waals surface area contributed by atoms with Crippen LogP contribution in [0.2, 0.25) is 0 Å². The Morgan fingerprint density at radius 3 is 2.45 bits per heavy atom. The average molecular weight is 443 g/mol. The van der Waals surface area contributed by atoms with E-state index in [4.69, 9.17) is 20.4 Å². The maximum Gasteiger partial charge on any atom is 0.274 e. The molecule has 0 unspecified atom stereocenters. The Morgan fingerprint density at radius 1 is 0.970 bits per heavy atom. The number of nitrogens with one attached hydrogen (secondary N) is 1. The van der Waals surface area contributed by atoms with Gasteiger partial charge in [-0.15, -0.1) is 0 Å². The molecule has 1 aliphatic heterocycles. The third-order valence-electron chi connectivity index (χ3n) is 5.79. The standard InChI is InChI=1S/C25H21N3O5/c26-24(29)23-18-3-1-2-4-19(18)28(13-15-5-8-17(9-6-15)25(30)27-31)20(23)11-16-7-10-21-22(12-16)33-14-32-21/h1-10,12,31H,11,13-14H2,(H2,26,29)(H,27,30). The van der Waals surface area contributed by atoms with Crippen molar-refractivity contribution in [3.8, 4) is 11.5 Å². The molecule has 4 N–H and O–H groups in total. The highest BCUT2D eigenvalue weighted by molar-refractivity contribution is 6.08. The number of nitrogens with zero attached hydrogens (tertiary/aromatic N) is 1. The van der Waals surface area contributed by atoms with Crippen LogP contribution in [-0.4, -0.2) is 28.4 Å². The van der Waals surface area contributed by atoms with Gasteiger partial charge < -0.3 is 19.8 Å². The first kappa shape index (κ1) is 20.6. The van der Waals surface area contributed by atoms with E-state index >= 15 is 0 Å². The van der Waals surface area contributed by atoms with Crippen LogP contribution in [0.3, 0.4) is 0 Å². The average Bonchev–Trinajstić information content (AvgIpc) is 3.41. The first-order valence-corrected chi connectivity index (χ1v) is 10.4. The summed E-state index contributed by atoms with van der Waals surface area (Å²) < 4.78 is 13.0. The van der Waals surface area contributed by atoms with Crippen LogP contribution in [0.5, 0.6) is 11.5 Å². The number of aromatic nitrogens is 1. The molecule has 5 rings (SSSR count). The highest BCUT2D eigenvalue weighted by Gasteiger charge is 2.22. The number of ether oxygens (including phenoxy) is 2. The van der Waals surface area contributed by atoms with Crippen molar-refractivity contribution in [1.29, 1.82) is 0 Å². The van der Waals surface area contributed by atoms with Gasteiger partial charge in [-0.05, 0) is 41.5 Å². The summed E-state index contributed by atoms with van der Waals surface area (Å²) in [7, 11) is 0. The van der Waals surface area contributed by atoms with Gasteiger partial charge in [0.2, 0.25) is 6.79 Å². The summed E-state index contributed by atoms with van der Waals surface area (Å²) in [5, 5.41) is 9.63. The molecule has 0 fully saturated rings. The molecule has 1 aromatic heterocycles. The quantitative estimate of drug-likeness (QED) is 0.313. The van der Waals surface area contributed by atoms with Crippen molar-refractivity contribution in [3.63, 3.8) is 0 Å². The van der Waals surface area contributed by atoms with E-state index in [9.17, 15) is 9.59 Å². The van der Waals surface area contributed by atoms with Crippen molar-refractivity contribution in [2.24, 2.45) is 5.73 Å². The van der Waals surface area contributed by atoms with Crippen molar-refractivity contribution >= 4 is 22.7 Å². The number of nitrogens with two attached hydrogens (primary N) is 1. The normalized spacial score (nSPS) is 12.2. The summed E-state index contributed by atoms with van der Waals surface area (Å²) in [5.41, 5.74) is 11.9. The fraction of sp³-hybridized carbons (Fsp3) is 0.120. The number of para-hydroxylation sites is 1. The maximum absolute atomic E-state index is 12.5. The van der Waals surface area contributed by atoms with Crippen LogP contribution in [0.4, 0.5) is 0 Å². The van der Waals surface area contributed by atoms with Crippen LogP contribution in [0.15, 0.2) is 66.7 Å². The van der Waals surface area contributed by atoms with Gasteiger partial charge in [-0.2, -0.15) is 0 Å². The van der Waals surface area contributed by atoms with Crippen LogP contribution in [0.1, 0.15) is 37.5 Å². The minimum absolute atomic E-state index is 0.190. The molecule has 8 nitrogen and oxygen atoms in total. The highest BCUT2D eigenvalue weighted by atomic mass is 16.7. The lowest BCUT2D eigenvalue weighted by atomic mass is 10.0. The maximum atomic E-state index is 12.5. The molecule has 166 valence electrons. The van der Waals surface area contributed by atoms with E-state index in [1.807, 2.05) is 54.6 Å². The first-order chi connectivity index (χ1) is 16.0. The zero-order valence-corrected chi connectivity index (χ0v) is 17.6. The van der Waals surface area contributed by atoms with Gasteiger partial charge >= 0.3 is 0 Å². The number of benzene rings is 3. The van der Waals surface area contributed by atoms with Crippen LogP contribution >= 0.6 is 0 Å². The second-order valence-corrected chi connectivity index (χ2v) is 7.79. The monoisotopic (exact) mass is 443 g/mol. The van der Waals surface area contributed by atoms with Crippen molar-refractivity contribution in [2.75, 3.05) is 6.79 Å². The summed E-state index contributed by atoms with van der Waals surface area (Å²) >= 11 is 0. The number of primary amides is 1. The van der Waals surface area contributed by atoms with Gasteiger partial charge in [0.25, 0.3) is 11.8 Å². The van der Waals surface area contributed by atoms with Crippen LogP contribution in [-0.2, 0) is 13.0 Å². The van der Waals surface area contributed by atoms with Crippen molar-refractivity contribution < 1.29 is 24.3 Å². The second-order valence-electron chi connectivity index (χ2n) is 7.79. The molecule has 4 aromatic rings. The lowest BCUT2D eigenvalue weighted by molar-refractivity contribution is 0.0706. The molecule has 0 atom stereocenters. The molecule has 0 aliphatic carbocycles. The van der Waals surface area contributed by atoms with E-state index in [1.165, 1.54) is 0 Å². The van der Waals surface area contributed by atoms with Crippen molar-refractivity contribution in [3.05, 3.63) is 94.7 Å². The summed E-state index contributed by atoms with van der Waals surface area (Å²) in [6.07, 6.45) is 0.467. The fourth-order valence-electron chi connectivity index (χ4n) is 4.25. The molecule has 0 saturated carbocycles. The minimum atomic E-state index is -0.576. The summed E-state index contributed by atoms with van der Waals surface area (Å²) in [6, 6.07) is 20.3. The van der Waals surface area contributed by atoms with Gasteiger partial charge in [0.1, 0.15) is 0 Å². The molecule has 0 bridgehead atoms. The predicted molar refractivity (Wildman–Crippen MR) is 121 cm³/mol. The molecule has 0 radical (unpaired) electrons. The Hall–Kier alpha value is -4.30. The fourth-order valence-corrected chi connectivity index (χ4v) is 4.25. The van der Waals surface area contributed by atoms with E-state index in [0.717, 1.165) is 27.7 Å². The minimum Gasteiger partial charge on any atom is -0.454 e. The van der Waals surface area contributed by atoms with Gasteiger partial charge in [0.15, 0.2) is 11.5 Å². The Bertz CT molecular complexity index is 1380. The van der Waals surface area contributed by atoms with Gasteiger partial charge in [-0.3, -0.25) is 14.8 Å². The number of hydrogen-bond donors (Lipinski definition) is 3. The zero-order chi connectivity index (χ0) is 22.9. The van der Waals surface area contributed by atoms with E-state index in [0.29, 0.717) is 35.6 Å². The molecular weight excluding hydrogens is 422 g/mol. The van der Waals surface area contributed by atoms with Crippen molar-refractivity contribution in [2.45, 2.75) is 13.0 Å². The number of carbonyl (C=O) groups is 2. The molecule has 2 amide bonds. The molecule has 3 aromatic carbocycles. The van der Waals surface area contributed by atoms with Crippen molar-refractivity contribution in [1.82, 2.24) is 10.0 Å². The molecule has 2 heterocycles. The first-order valence-electron chi connectivity index (χ1n) is 10.4. The highest BCUT2D eigenvalue weighted by Crippen LogP contribution is 2.35. The van der Waals surface area contributed by atoms with Crippen LogP contribution < -0.4 is 20.7 Å². The zero-order valence-electron chi connectivity index (χ0n) is 17.6. The Kier molecular flexibility index (Phi) is 5.20. The van der Waals surface area contributed by atoms with E-state index in [2.05, 4.69) is 4.57 Å². The third kappa shape index (κ3) is 3.77. The smallest absolute Gasteiger partial charge is 0.274 e. The lowest BCUT2D eigenvalue weighted by Gasteiger charge is -2.13. The number of hydrogen-bond acceptors (Lipinski definition) is 5. The van der Waals surface area contributed by atoms with Gasteiger partial charge in [0.05, 0.1) is 5.56 Å². The summed E-state index contributed by atoms with van der Waals surface area (Å²) in [4.78, 5) is 24.2. The Morgan fingerprint density at radius 2 is 1.70 bits per heavy atom. The third-order valence-corrected chi connectivity index (χ3v) is 5.79. The second kappa shape index (κ2) is 8.33.